The molecule has 28 heavy (non-hydrogen) atoms. The average molecular weight is 378 g/mol. The highest BCUT2D eigenvalue weighted by atomic mass is 16.7. The van der Waals surface area contributed by atoms with Gasteiger partial charge in [-0.2, -0.15) is 0 Å². The fourth-order valence-corrected chi connectivity index (χ4v) is 5.80. The van der Waals surface area contributed by atoms with Crippen molar-refractivity contribution >= 4 is 5.96 Å². The molecule has 2 fully saturated rings. The van der Waals surface area contributed by atoms with Crippen molar-refractivity contribution in [3.05, 3.63) is 34.9 Å². The van der Waals surface area contributed by atoms with Crippen LogP contribution in [0.1, 0.15) is 75.0 Å². The number of nitrogens with zero attached hydrogens (tertiary/aromatic N) is 2. The number of hydrogen-bond donors (Lipinski definition) is 1. The Bertz CT molecular complexity index is 866. The first kappa shape index (κ1) is 18.1. The smallest absolute Gasteiger partial charge is 0.220 e. The Morgan fingerprint density at radius 1 is 1.18 bits per heavy atom. The maximum absolute atomic E-state index is 6.47. The molecule has 1 aromatic rings. The Kier molecular flexibility index (Phi) is 4.21. The number of aliphatic imine (C=N–C) groups is 1. The van der Waals surface area contributed by atoms with Gasteiger partial charge in [-0.15, -0.1) is 0 Å². The standard InChI is InChI=1S/C24H31N3O/c1-17-11-13-23(14-12-17)16-20-10-9-19(8-7-18-5-3-4-6-18)15-21(20)24(23)26-22(25)27(2)28-24/h9-10,15,17-18H,3-6,11-14,16H2,1-2H3,(H2,25,26). The van der Waals surface area contributed by atoms with Gasteiger partial charge in [-0.3, -0.25) is 0 Å². The van der Waals surface area contributed by atoms with E-state index in [1.165, 1.54) is 49.7 Å². The molecular formula is C24H31N3O. The zero-order chi connectivity index (χ0) is 19.4. The summed E-state index contributed by atoms with van der Waals surface area (Å²) in [5.41, 5.74) is 9.17. The van der Waals surface area contributed by atoms with Crippen molar-refractivity contribution in [2.75, 3.05) is 7.05 Å². The van der Waals surface area contributed by atoms with Gasteiger partial charge in [0.25, 0.3) is 0 Å². The van der Waals surface area contributed by atoms with E-state index in [-0.39, 0.29) is 5.41 Å². The molecule has 1 heterocycles. The zero-order valence-corrected chi connectivity index (χ0v) is 17.1. The van der Waals surface area contributed by atoms with Gasteiger partial charge < -0.3 is 5.73 Å². The molecule has 0 saturated heterocycles. The van der Waals surface area contributed by atoms with E-state index in [1.807, 2.05) is 7.05 Å². The molecule has 0 radical (unpaired) electrons. The second-order valence-corrected chi connectivity index (χ2v) is 9.47. The van der Waals surface area contributed by atoms with Crippen LogP contribution in [0, 0.1) is 29.1 Å². The van der Waals surface area contributed by atoms with Gasteiger partial charge in [0.15, 0.2) is 0 Å². The summed E-state index contributed by atoms with van der Waals surface area (Å²) in [7, 11) is 1.87. The number of rotatable bonds is 0. The molecule has 3 aliphatic carbocycles. The van der Waals surface area contributed by atoms with Gasteiger partial charge in [0.2, 0.25) is 11.7 Å². The summed E-state index contributed by atoms with van der Waals surface area (Å²) in [5, 5.41) is 1.66. The van der Waals surface area contributed by atoms with Crippen molar-refractivity contribution in [2.24, 2.45) is 28.0 Å². The summed E-state index contributed by atoms with van der Waals surface area (Å²) in [6.07, 6.45) is 10.9. The summed E-state index contributed by atoms with van der Waals surface area (Å²) >= 11 is 0. The highest BCUT2D eigenvalue weighted by Gasteiger charge is 2.63. The highest BCUT2D eigenvalue weighted by Crippen LogP contribution is 2.62. The summed E-state index contributed by atoms with van der Waals surface area (Å²) in [4.78, 5) is 11.4. The molecule has 0 aromatic heterocycles. The topological polar surface area (TPSA) is 50.8 Å². The fourth-order valence-electron chi connectivity index (χ4n) is 5.80. The van der Waals surface area contributed by atoms with Crippen molar-refractivity contribution in [1.29, 1.82) is 0 Å². The van der Waals surface area contributed by atoms with Gasteiger partial charge >= 0.3 is 0 Å². The number of fused-ring (bicyclic) bond motifs is 3. The van der Waals surface area contributed by atoms with E-state index in [0.29, 0.717) is 11.9 Å². The fraction of sp³-hybridized carbons (Fsp3) is 0.625. The molecule has 4 nitrogen and oxygen atoms in total. The van der Waals surface area contributed by atoms with E-state index in [0.717, 1.165) is 30.7 Å². The van der Waals surface area contributed by atoms with Crippen LogP contribution < -0.4 is 5.73 Å². The Morgan fingerprint density at radius 3 is 2.61 bits per heavy atom. The first-order valence-electron chi connectivity index (χ1n) is 10.9. The van der Waals surface area contributed by atoms with E-state index >= 15 is 0 Å². The second-order valence-electron chi connectivity index (χ2n) is 9.47. The predicted molar refractivity (Wildman–Crippen MR) is 111 cm³/mol. The lowest BCUT2D eigenvalue weighted by molar-refractivity contribution is -0.229. The molecule has 1 aliphatic heterocycles. The molecule has 0 amide bonds. The van der Waals surface area contributed by atoms with Crippen LogP contribution in [-0.4, -0.2) is 18.1 Å². The summed E-state index contributed by atoms with van der Waals surface area (Å²) in [6, 6.07) is 6.68. The maximum Gasteiger partial charge on any atom is 0.220 e. The summed E-state index contributed by atoms with van der Waals surface area (Å²) in [5.74, 6) is 8.77. The summed E-state index contributed by atoms with van der Waals surface area (Å²) in [6.45, 7) is 2.36. The maximum atomic E-state index is 6.47. The average Bonchev–Trinajstić information content (AvgIpc) is 3.37. The van der Waals surface area contributed by atoms with Crippen LogP contribution in [0.15, 0.2) is 23.2 Å². The SMILES string of the molecule is CC1CCC2(CC1)Cc1ccc(C#CC3CCCC3)cc1C21N=C(N)N(C)O1. The van der Waals surface area contributed by atoms with Crippen LogP contribution in [-0.2, 0) is 17.0 Å². The van der Waals surface area contributed by atoms with E-state index < -0.39 is 5.72 Å². The number of hydroxylamine groups is 2. The van der Waals surface area contributed by atoms with Crippen molar-refractivity contribution in [3.8, 4) is 11.8 Å². The van der Waals surface area contributed by atoms with Gasteiger partial charge in [-0.25, -0.2) is 14.9 Å². The van der Waals surface area contributed by atoms with Gasteiger partial charge in [0.05, 0.1) is 0 Å². The number of hydrogen-bond acceptors (Lipinski definition) is 4. The first-order chi connectivity index (χ1) is 13.5. The third kappa shape index (κ3) is 2.67. The van der Waals surface area contributed by atoms with Crippen LogP contribution in [0.25, 0.3) is 0 Å². The third-order valence-electron chi connectivity index (χ3n) is 7.59. The van der Waals surface area contributed by atoms with Crippen LogP contribution in [0.3, 0.4) is 0 Å². The molecule has 0 bridgehead atoms. The van der Waals surface area contributed by atoms with Gasteiger partial charge in [0, 0.05) is 29.5 Å². The van der Waals surface area contributed by atoms with Crippen molar-refractivity contribution in [1.82, 2.24) is 5.06 Å². The Hall–Kier alpha value is -1.99. The Morgan fingerprint density at radius 2 is 1.93 bits per heavy atom. The molecule has 1 atom stereocenters. The van der Waals surface area contributed by atoms with E-state index in [2.05, 4.69) is 37.0 Å². The van der Waals surface area contributed by atoms with Crippen molar-refractivity contribution in [2.45, 2.75) is 70.4 Å². The lowest BCUT2D eigenvalue weighted by Gasteiger charge is -2.44. The van der Waals surface area contributed by atoms with Gasteiger partial charge in [0.1, 0.15) is 0 Å². The second kappa shape index (κ2) is 6.52. The highest BCUT2D eigenvalue weighted by molar-refractivity contribution is 5.79. The molecule has 1 aromatic carbocycles. The van der Waals surface area contributed by atoms with Crippen molar-refractivity contribution < 1.29 is 4.84 Å². The minimum absolute atomic E-state index is 0.00866. The van der Waals surface area contributed by atoms with E-state index in [4.69, 9.17) is 15.6 Å². The first-order valence-corrected chi connectivity index (χ1v) is 10.9. The van der Waals surface area contributed by atoms with Gasteiger partial charge in [-0.1, -0.05) is 37.7 Å². The zero-order valence-electron chi connectivity index (χ0n) is 17.1. The number of nitrogens with two attached hydrogens (primary N) is 1. The minimum atomic E-state index is -0.674. The Labute approximate surface area is 168 Å². The molecule has 1 unspecified atom stereocenters. The summed E-state index contributed by atoms with van der Waals surface area (Å²) < 4.78 is 0. The molecule has 4 aliphatic rings. The number of guanidine groups is 1. The molecule has 5 rings (SSSR count). The molecular weight excluding hydrogens is 346 g/mol. The predicted octanol–water partition coefficient (Wildman–Crippen LogP) is 4.33. The van der Waals surface area contributed by atoms with Crippen LogP contribution in [0.5, 0.6) is 0 Å². The Balaban J connectivity index is 1.56. The third-order valence-corrected chi connectivity index (χ3v) is 7.59. The normalized spacial score (nSPS) is 34.6. The lowest BCUT2D eigenvalue weighted by Crippen LogP contribution is -2.45. The molecule has 148 valence electrons. The lowest BCUT2D eigenvalue weighted by atomic mass is 9.65. The monoisotopic (exact) mass is 377 g/mol. The van der Waals surface area contributed by atoms with Gasteiger partial charge in [-0.05, 0) is 68.6 Å². The van der Waals surface area contributed by atoms with Crippen LogP contribution in [0.2, 0.25) is 0 Å². The van der Waals surface area contributed by atoms with E-state index in [1.54, 1.807) is 5.06 Å². The van der Waals surface area contributed by atoms with E-state index in [9.17, 15) is 0 Å². The van der Waals surface area contributed by atoms with Crippen LogP contribution in [0.4, 0.5) is 0 Å². The number of benzene rings is 1. The molecule has 2 saturated carbocycles. The van der Waals surface area contributed by atoms with Crippen molar-refractivity contribution in [3.63, 3.8) is 0 Å². The molecule has 2 N–H and O–H groups in total. The largest absolute Gasteiger partial charge is 0.368 e. The molecule has 4 heteroatoms. The minimum Gasteiger partial charge on any atom is -0.368 e. The van der Waals surface area contributed by atoms with Crippen LogP contribution >= 0.6 is 0 Å². The molecule has 2 spiro atoms. The quantitative estimate of drug-likeness (QED) is 0.685.